The first kappa shape index (κ1) is 17.2. The largest absolute Gasteiger partial charge is 0.453 e. The summed E-state index contributed by atoms with van der Waals surface area (Å²) in [7, 11) is 1.37. The molecule has 1 unspecified atom stereocenters. The van der Waals surface area contributed by atoms with Gasteiger partial charge in [0.1, 0.15) is 0 Å². The number of ether oxygens (including phenoxy) is 1. The lowest BCUT2D eigenvalue weighted by molar-refractivity contribution is -0.132. The van der Waals surface area contributed by atoms with Crippen molar-refractivity contribution in [3.63, 3.8) is 0 Å². The number of nitriles is 1. The van der Waals surface area contributed by atoms with Crippen LogP contribution in [0.3, 0.4) is 0 Å². The molecule has 1 rings (SSSR count). The fourth-order valence-electron chi connectivity index (χ4n) is 2.29. The second kappa shape index (κ2) is 8.47. The summed E-state index contributed by atoms with van der Waals surface area (Å²) in [5.41, 5.74) is 0. The van der Waals surface area contributed by atoms with Gasteiger partial charge in [-0.15, -0.1) is 0 Å². The number of amides is 2. The lowest BCUT2D eigenvalue weighted by Gasteiger charge is -2.34. The van der Waals surface area contributed by atoms with Gasteiger partial charge < -0.3 is 14.5 Å². The Morgan fingerprint density at radius 2 is 1.95 bits per heavy atom. The van der Waals surface area contributed by atoms with Crippen molar-refractivity contribution >= 4 is 12.0 Å². The van der Waals surface area contributed by atoms with Gasteiger partial charge in [0.2, 0.25) is 5.91 Å². The maximum atomic E-state index is 12.2. The Hall–Kier alpha value is -1.81. The number of carbonyl (C=O) groups is 2. The predicted octanol–water partition coefficient (Wildman–Crippen LogP) is 0.379. The van der Waals surface area contributed by atoms with Crippen molar-refractivity contribution in [1.82, 2.24) is 14.7 Å². The van der Waals surface area contributed by atoms with Crippen molar-refractivity contribution in [3.8, 4) is 6.07 Å². The number of hydrogen-bond acceptors (Lipinski definition) is 5. The lowest BCUT2D eigenvalue weighted by atomic mass is 10.2. The summed E-state index contributed by atoms with van der Waals surface area (Å²) >= 11 is 0. The van der Waals surface area contributed by atoms with E-state index in [2.05, 4.69) is 10.8 Å². The van der Waals surface area contributed by atoms with Crippen molar-refractivity contribution in [2.75, 3.05) is 52.9 Å². The second-order valence-electron chi connectivity index (χ2n) is 5.20. The highest BCUT2D eigenvalue weighted by molar-refractivity contribution is 5.78. The monoisotopic (exact) mass is 296 g/mol. The molecule has 1 fully saturated rings. The highest BCUT2D eigenvalue weighted by Crippen LogP contribution is 2.05. The summed E-state index contributed by atoms with van der Waals surface area (Å²) in [6.45, 7) is 7.59. The van der Waals surface area contributed by atoms with E-state index in [1.165, 1.54) is 7.11 Å². The number of hydrogen-bond donors (Lipinski definition) is 0. The van der Waals surface area contributed by atoms with Gasteiger partial charge in [-0.1, -0.05) is 0 Å². The Morgan fingerprint density at radius 1 is 1.33 bits per heavy atom. The van der Waals surface area contributed by atoms with E-state index >= 15 is 0 Å². The van der Waals surface area contributed by atoms with Gasteiger partial charge in [0.05, 0.1) is 25.6 Å². The highest BCUT2D eigenvalue weighted by atomic mass is 16.5. The zero-order valence-corrected chi connectivity index (χ0v) is 13.0. The molecule has 1 atom stereocenters. The van der Waals surface area contributed by atoms with E-state index in [-0.39, 0.29) is 17.9 Å². The molecule has 0 aliphatic carbocycles. The molecule has 0 N–H and O–H groups in total. The van der Waals surface area contributed by atoms with Crippen LogP contribution in [0.2, 0.25) is 0 Å². The molecule has 7 nitrogen and oxygen atoms in total. The lowest BCUT2D eigenvalue weighted by Crippen LogP contribution is -2.51. The Balaban J connectivity index is 2.42. The number of methoxy groups -OCH3 is 1. The third-order valence-corrected chi connectivity index (χ3v) is 3.61. The summed E-state index contributed by atoms with van der Waals surface area (Å²) in [5.74, 6) is -0.129. The van der Waals surface area contributed by atoms with Gasteiger partial charge in [-0.3, -0.25) is 9.69 Å². The maximum Gasteiger partial charge on any atom is 0.409 e. The Labute approximate surface area is 126 Å². The average molecular weight is 296 g/mol. The molecule has 1 aliphatic rings. The van der Waals surface area contributed by atoms with Crippen molar-refractivity contribution < 1.29 is 14.3 Å². The van der Waals surface area contributed by atoms with Gasteiger partial charge in [0.25, 0.3) is 0 Å². The van der Waals surface area contributed by atoms with Crippen LogP contribution in [0.15, 0.2) is 0 Å². The van der Waals surface area contributed by atoms with Crippen LogP contribution in [-0.4, -0.2) is 79.6 Å². The molecule has 1 heterocycles. The normalized spacial score (nSPS) is 17.0. The molecule has 0 bridgehead atoms. The summed E-state index contributed by atoms with van der Waals surface area (Å²) in [6, 6.07) is 2.15. The first-order valence-corrected chi connectivity index (χ1v) is 7.24. The second-order valence-corrected chi connectivity index (χ2v) is 5.20. The Morgan fingerprint density at radius 3 is 2.43 bits per heavy atom. The minimum Gasteiger partial charge on any atom is -0.453 e. The summed E-state index contributed by atoms with van der Waals surface area (Å²) in [5, 5.41) is 8.84. The van der Waals surface area contributed by atoms with Gasteiger partial charge in [-0.2, -0.15) is 5.26 Å². The Bertz CT molecular complexity index is 400. The van der Waals surface area contributed by atoms with Gasteiger partial charge in [0, 0.05) is 39.3 Å². The third kappa shape index (κ3) is 5.23. The number of rotatable bonds is 5. The van der Waals surface area contributed by atoms with E-state index in [0.717, 1.165) is 0 Å². The van der Waals surface area contributed by atoms with Crippen LogP contribution in [0.4, 0.5) is 4.79 Å². The molecule has 0 aromatic rings. The van der Waals surface area contributed by atoms with E-state index in [9.17, 15) is 9.59 Å². The zero-order chi connectivity index (χ0) is 15.8. The van der Waals surface area contributed by atoms with E-state index in [0.29, 0.717) is 45.8 Å². The van der Waals surface area contributed by atoms with Crippen LogP contribution in [0.1, 0.15) is 13.8 Å². The van der Waals surface area contributed by atoms with Crippen molar-refractivity contribution in [1.29, 1.82) is 5.26 Å². The first-order valence-electron chi connectivity index (χ1n) is 7.24. The third-order valence-electron chi connectivity index (χ3n) is 3.61. The average Bonchev–Trinajstić information content (AvgIpc) is 2.52. The summed E-state index contributed by atoms with van der Waals surface area (Å²) in [6.07, 6.45) is -0.320. The van der Waals surface area contributed by atoms with Gasteiger partial charge in [-0.25, -0.2) is 4.79 Å². The fourth-order valence-corrected chi connectivity index (χ4v) is 2.29. The van der Waals surface area contributed by atoms with Crippen molar-refractivity contribution in [2.45, 2.75) is 13.8 Å². The van der Waals surface area contributed by atoms with Crippen LogP contribution >= 0.6 is 0 Å². The van der Waals surface area contributed by atoms with E-state index in [4.69, 9.17) is 5.26 Å². The Kier molecular flexibility index (Phi) is 6.96. The molecule has 21 heavy (non-hydrogen) atoms. The smallest absolute Gasteiger partial charge is 0.409 e. The number of carbonyl (C=O) groups excluding carboxylic acids is 2. The molecule has 1 aliphatic heterocycles. The standard InChI is InChI=1S/C14H24N4O3/c1-4-17(10-12(2)9-15)13(19)11-16-5-7-18(8-6-16)14(20)21-3/h12H,4-8,10-11H2,1-3H3. The van der Waals surface area contributed by atoms with Gasteiger partial charge in [-0.05, 0) is 13.8 Å². The summed E-state index contributed by atoms with van der Waals surface area (Å²) in [4.78, 5) is 29.0. The number of nitrogens with zero attached hydrogens (tertiary/aromatic N) is 4. The molecule has 0 radical (unpaired) electrons. The molecule has 0 aromatic carbocycles. The van der Waals surface area contributed by atoms with E-state index in [1.807, 2.05) is 18.7 Å². The van der Waals surface area contributed by atoms with Crippen molar-refractivity contribution in [3.05, 3.63) is 0 Å². The van der Waals surface area contributed by atoms with E-state index in [1.54, 1.807) is 9.80 Å². The molecule has 0 saturated carbocycles. The minimum absolute atomic E-state index is 0.0334. The molecule has 0 aromatic heterocycles. The fraction of sp³-hybridized carbons (Fsp3) is 0.786. The minimum atomic E-state index is -0.320. The maximum absolute atomic E-state index is 12.2. The van der Waals surface area contributed by atoms with Gasteiger partial charge in [0.15, 0.2) is 0 Å². The molecule has 1 saturated heterocycles. The van der Waals surface area contributed by atoms with Crippen molar-refractivity contribution in [2.24, 2.45) is 5.92 Å². The predicted molar refractivity (Wildman–Crippen MR) is 77.4 cm³/mol. The highest BCUT2D eigenvalue weighted by Gasteiger charge is 2.24. The molecule has 0 spiro atoms. The molecule has 118 valence electrons. The quantitative estimate of drug-likeness (QED) is 0.733. The molecular weight excluding hydrogens is 272 g/mol. The van der Waals surface area contributed by atoms with E-state index < -0.39 is 0 Å². The molecular formula is C14H24N4O3. The SMILES string of the molecule is CCN(CC(C)C#N)C(=O)CN1CCN(C(=O)OC)CC1. The van der Waals surface area contributed by atoms with Crippen LogP contribution in [0.5, 0.6) is 0 Å². The van der Waals surface area contributed by atoms with Crippen LogP contribution < -0.4 is 0 Å². The topological polar surface area (TPSA) is 76.9 Å². The van der Waals surface area contributed by atoms with Crippen LogP contribution in [0.25, 0.3) is 0 Å². The van der Waals surface area contributed by atoms with Crippen LogP contribution in [0, 0.1) is 17.2 Å². The van der Waals surface area contributed by atoms with Gasteiger partial charge >= 0.3 is 6.09 Å². The zero-order valence-electron chi connectivity index (χ0n) is 13.0. The first-order chi connectivity index (χ1) is 10.0. The number of likely N-dealkylation sites (N-methyl/N-ethyl adjacent to an activating group) is 1. The molecule has 7 heteroatoms. The summed E-state index contributed by atoms with van der Waals surface area (Å²) < 4.78 is 4.68. The number of piperazine rings is 1. The van der Waals surface area contributed by atoms with Crippen LogP contribution in [-0.2, 0) is 9.53 Å². The molecule has 2 amide bonds.